The Morgan fingerprint density at radius 2 is 1.83 bits per heavy atom. The molecule has 0 saturated carbocycles. The molecule has 3 N–H and O–H groups in total. The van der Waals surface area contributed by atoms with E-state index in [1.165, 1.54) is 0 Å². The van der Waals surface area contributed by atoms with Gasteiger partial charge in [-0.1, -0.05) is 24.3 Å². The Hall–Kier alpha value is -3.35. The zero-order chi connectivity index (χ0) is 16.9. The number of hydrogen-bond acceptors (Lipinski definition) is 4. The fourth-order valence-corrected chi connectivity index (χ4v) is 2.22. The highest BCUT2D eigenvalue weighted by molar-refractivity contribution is 5.96. The van der Waals surface area contributed by atoms with Gasteiger partial charge in [0.1, 0.15) is 0 Å². The molecule has 7 nitrogen and oxygen atoms in total. The molecule has 7 heteroatoms. The van der Waals surface area contributed by atoms with Gasteiger partial charge in [-0.25, -0.2) is 4.79 Å². The van der Waals surface area contributed by atoms with Crippen LogP contribution < -0.4 is 16.4 Å². The van der Waals surface area contributed by atoms with Crippen molar-refractivity contribution in [3.05, 3.63) is 70.2 Å². The third-order valence-electron chi connectivity index (χ3n) is 3.42. The number of nitrogens with one attached hydrogen (secondary N) is 3. The summed E-state index contributed by atoms with van der Waals surface area (Å²) in [4.78, 5) is 37.3. The summed E-state index contributed by atoms with van der Waals surface area (Å²) in [6.45, 7) is 0.153. The topological polar surface area (TPSA) is 104 Å². The number of benzene rings is 2. The lowest BCUT2D eigenvalue weighted by atomic mass is 10.2. The molecular formula is C17H15N3O4. The van der Waals surface area contributed by atoms with Crippen LogP contribution in [0.3, 0.4) is 0 Å². The SMILES string of the molecule is O=C(CNC(=O)c1ccccc1)NCc1ccc2[nH]c(=O)oc2c1. The summed E-state index contributed by atoms with van der Waals surface area (Å²) in [6, 6.07) is 13.8. The van der Waals surface area contributed by atoms with E-state index in [-0.39, 0.29) is 24.9 Å². The molecule has 0 spiro atoms. The predicted molar refractivity (Wildman–Crippen MR) is 87.5 cm³/mol. The van der Waals surface area contributed by atoms with Gasteiger partial charge in [0, 0.05) is 12.1 Å². The number of oxazole rings is 1. The van der Waals surface area contributed by atoms with Gasteiger partial charge in [0.05, 0.1) is 12.1 Å². The van der Waals surface area contributed by atoms with Crippen molar-refractivity contribution in [3.63, 3.8) is 0 Å². The molecule has 2 aromatic carbocycles. The Bertz CT molecular complexity index is 928. The maximum atomic E-state index is 11.8. The van der Waals surface area contributed by atoms with E-state index in [4.69, 9.17) is 4.42 Å². The van der Waals surface area contributed by atoms with E-state index < -0.39 is 5.76 Å². The summed E-state index contributed by atoms with van der Waals surface area (Å²) in [5, 5.41) is 5.25. The van der Waals surface area contributed by atoms with Gasteiger partial charge >= 0.3 is 5.76 Å². The molecule has 24 heavy (non-hydrogen) atoms. The Kier molecular flexibility index (Phi) is 4.42. The highest BCUT2D eigenvalue weighted by Crippen LogP contribution is 2.12. The average Bonchev–Trinajstić information content (AvgIpc) is 2.97. The molecule has 1 aromatic heterocycles. The summed E-state index contributed by atoms with van der Waals surface area (Å²) in [5.41, 5.74) is 2.32. The van der Waals surface area contributed by atoms with E-state index >= 15 is 0 Å². The van der Waals surface area contributed by atoms with Gasteiger partial charge < -0.3 is 15.1 Å². The first kappa shape index (κ1) is 15.5. The molecule has 0 aliphatic carbocycles. The van der Waals surface area contributed by atoms with Crippen LogP contribution in [0.1, 0.15) is 15.9 Å². The zero-order valence-electron chi connectivity index (χ0n) is 12.7. The van der Waals surface area contributed by atoms with Crippen molar-refractivity contribution in [2.75, 3.05) is 6.54 Å². The van der Waals surface area contributed by atoms with Crippen molar-refractivity contribution in [2.24, 2.45) is 0 Å². The second kappa shape index (κ2) is 6.82. The number of carbonyl (C=O) groups excluding carboxylic acids is 2. The van der Waals surface area contributed by atoms with E-state index in [1.54, 1.807) is 42.5 Å². The summed E-state index contributed by atoms with van der Waals surface area (Å²) in [5.74, 6) is -1.13. The number of hydrogen-bond donors (Lipinski definition) is 3. The molecule has 0 aliphatic rings. The Balaban J connectivity index is 1.51. The van der Waals surface area contributed by atoms with Crippen LogP contribution in [0.5, 0.6) is 0 Å². The van der Waals surface area contributed by atoms with Crippen LogP contribution in [0.15, 0.2) is 57.7 Å². The van der Waals surface area contributed by atoms with Gasteiger partial charge in [0.25, 0.3) is 5.91 Å². The lowest BCUT2D eigenvalue weighted by Crippen LogP contribution is -2.36. The van der Waals surface area contributed by atoms with Crippen LogP contribution in [-0.4, -0.2) is 23.3 Å². The average molecular weight is 325 g/mol. The van der Waals surface area contributed by atoms with E-state index in [1.807, 2.05) is 6.07 Å². The van der Waals surface area contributed by atoms with Crippen LogP contribution in [0.2, 0.25) is 0 Å². The van der Waals surface area contributed by atoms with Gasteiger partial charge in [-0.2, -0.15) is 0 Å². The normalized spacial score (nSPS) is 10.5. The van der Waals surface area contributed by atoms with Crippen molar-refractivity contribution in [2.45, 2.75) is 6.54 Å². The van der Waals surface area contributed by atoms with E-state index in [0.29, 0.717) is 16.7 Å². The van der Waals surface area contributed by atoms with Crippen LogP contribution in [-0.2, 0) is 11.3 Å². The van der Waals surface area contributed by atoms with Gasteiger partial charge in [-0.3, -0.25) is 14.6 Å². The molecule has 3 rings (SSSR count). The van der Waals surface area contributed by atoms with Crippen LogP contribution >= 0.6 is 0 Å². The third-order valence-corrected chi connectivity index (χ3v) is 3.42. The van der Waals surface area contributed by atoms with Crippen LogP contribution in [0.4, 0.5) is 0 Å². The highest BCUT2D eigenvalue weighted by atomic mass is 16.4. The Morgan fingerprint density at radius 1 is 1.04 bits per heavy atom. The Morgan fingerprint density at radius 3 is 2.62 bits per heavy atom. The van der Waals surface area contributed by atoms with E-state index in [9.17, 15) is 14.4 Å². The number of fused-ring (bicyclic) bond motifs is 1. The monoisotopic (exact) mass is 325 g/mol. The molecule has 0 fully saturated rings. The molecule has 0 unspecified atom stereocenters. The molecule has 122 valence electrons. The lowest BCUT2D eigenvalue weighted by molar-refractivity contribution is -0.120. The van der Waals surface area contributed by atoms with Gasteiger partial charge in [0.15, 0.2) is 5.58 Å². The van der Waals surface area contributed by atoms with Crippen molar-refractivity contribution < 1.29 is 14.0 Å². The maximum absolute atomic E-state index is 11.8. The van der Waals surface area contributed by atoms with Gasteiger partial charge in [0.2, 0.25) is 5.91 Å². The highest BCUT2D eigenvalue weighted by Gasteiger charge is 2.08. The molecular weight excluding hydrogens is 310 g/mol. The quantitative estimate of drug-likeness (QED) is 0.655. The summed E-state index contributed by atoms with van der Waals surface area (Å²) in [7, 11) is 0. The zero-order valence-corrected chi connectivity index (χ0v) is 12.7. The fourth-order valence-electron chi connectivity index (χ4n) is 2.22. The number of aromatic nitrogens is 1. The fraction of sp³-hybridized carbons (Fsp3) is 0.118. The first-order valence-corrected chi connectivity index (χ1v) is 7.33. The molecule has 2 amide bonds. The summed E-state index contributed by atoms with van der Waals surface area (Å²) < 4.78 is 4.96. The second-order valence-electron chi connectivity index (χ2n) is 5.17. The number of carbonyl (C=O) groups is 2. The first-order chi connectivity index (χ1) is 11.6. The number of rotatable bonds is 5. The lowest BCUT2D eigenvalue weighted by Gasteiger charge is -2.07. The number of amides is 2. The van der Waals surface area contributed by atoms with Crippen LogP contribution in [0, 0.1) is 0 Å². The minimum atomic E-state index is -0.519. The minimum Gasteiger partial charge on any atom is -0.408 e. The van der Waals surface area contributed by atoms with Crippen LogP contribution in [0.25, 0.3) is 11.1 Å². The molecule has 0 radical (unpaired) electrons. The molecule has 3 aromatic rings. The number of H-pyrrole nitrogens is 1. The molecule has 0 bridgehead atoms. The molecule has 0 saturated heterocycles. The second-order valence-corrected chi connectivity index (χ2v) is 5.17. The molecule has 0 atom stereocenters. The molecule has 0 aliphatic heterocycles. The third kappa shape index (κ3) is 3.70. The predicted octanol–water partition coefficient (Wildman–Crippen LogP) is 1.17. The largest absolute Gasteiger partial charge is 0.417 e. The number of aromatic amines is 1. The maximum Gasteiger partial charge on any atom is 0.417 e. The van der Waals surface area contributed by atoms with Crippen molar-refractivity contribution >= 4 is 22.9 Å². The van der Waals surface area contributed by atoms with Crippen molar-refractivity contribution in [3.8, 4) is 0 Å². The van der Waals surface area contributed by atoms with E-state index in [0.717, 1.165) is 5.56 Å². The first-order valence-electron chi connectivity index (χ1n) is 7.33. The minimum absolute atomic E-state index is 0.116. The van der Waals surface area contributed by atoms with Crippen molar-refractivity contribution in [1.82, 2.24) is 15.6 Å². The summed E-state index contributed by atoms with van der Waals surface area (Å²) in [6.07, 6.45) is 0. The standard InChI is InChI=1S/C17H15N3O4/c21-15(10-19-16(22)12-4-2-1-3-5-12)18-9-11-6-7-13-14(8-11)24-17(23)20-13/h1-8H,9-10H2,(H,18,21)(H,19,22)(H,20,23). The Labute approximate surface area is 136 Å². The summed E-state index contributed by atoms with van der Waals surface area (Å²) >= 11 is 0. The van der Waals surface area contributed by atoms with Gasteiger partial charge in [-0.05, 0) is 29.8 Å². The molecule has 1 heterocycles. The van der Waals surface area contributed by atoms with E-state index in [2.05, 4.69) is 15.6 Å². The smallest absolute Gasteiger partial charge is 0.408 e. The van der Waals surface area contributed by atoms with Gasteiger partial charge in [-0.15, -0.1) is 0 Å². The van der Waals surface area contributed by atoms with Crippen molar-refractivity contribution in [1.29, 1.82) is 0 Å².